The molecule has 0 aliphatic carbocycles. The van der Waals surface area contributed by atoms with Crippen LogP contribution in [-0.2, 0) is 0 Å². The highest BCUT2D eigenvalue weighted by atomic mass is 16.1. The van der Waals surface area contributed by atoms with E-state index >= 15 is 0 Å². The van der Waals surface area contributed by atoms with Crippen molar-refractivity contribution in [2.45, 2.75) is 20.8 Å². The summed E-state index contributed by atoms with van der Waals surface area (Å²) >= 11 is 0. The van der Waals surface area contributed by atoms with E-state index in [1.807, 2.05) is 54.9 Å². The van der Waals surface area contributed by atoms with E-state index in [4.69, 9.17) is 0 Å². The highest BCUT2D eigenvalue weighted by Crippen LogP contribution is 2.23. The van der Waals surface area contributed by atoms with Gasteiger partial charge in [0.25, 0.3) is 5.91 Å². The summed E-state index contributed by atoms with van der Waals surface area (Å²) < 4.78 is 1.89. The van der Waals surface area contributed by atoms with Gasteiger partial charge in [-0.15, -0.1) is 0 Å². The first-order chi connectivity index (χ1) is 12.5. The van der Waals surface area contributed by atoms with E-state index in [9.17, 15) is 4.79 Å². The van der Waals surface area contributed by atoms with Gasteiger partial charge < -0.3 is 10.3 Å². The standard InChI is InChI=1S/C20H19N5O/c1-12-13(2)23-18-6-4-15(10-17(12)18)20(26)24-16-5-7-19(22-11-16)25-9-8-21-14(25)3/h4-11,23H,1-3H3,(H,24,26). The van der Waals surface area contributed by atoms with Gasteiger partial charge in [-0.25, -0.2) is 9.97 Å². The Morgan fingerprint density at radius 3 is 2.65 bits per heavy atom. The number of carbonyl (C=O) groups excluding carboxylic acids is 1. The van der Waals surface area contributed by atoms with E-state index in [2.05, 4.69) is 27.2 Å². The van der Waals surface area contributed by atoms with Gasteiger partial charge in [0.2, 0.25) is 0 Å². The minimum atomic E-state index is -0.154. The summed E-state index contributed by atoms with van der Waals surface area (Å²) in [5, 5.41) is 3.97. The molecule has 6 heteroatoms. The van der Waals surface area contributed by atoms with Gasteiger partial charge in [0.15, 0.2) is 0 Å². The van der Waals surface area contributed by atoms with E-state index < -0.39 is 0 Å². The first-order valence-electron chi connectivity index (χ1n) is 8.39. The van der Waals surface area contributed by atoms with Gasteiger partial charge in [0.05, 0.1) is 11.9 Å². The highest BCUT2D eigenvalue weighted by Gasteiger charge is 2.11. The molecule has 0 unspecified atom stereocenters. The number of aromatic amines is 1. The van der Waals surface area contributed by atoms with Crippen molar-refractivity contribution in [3.63, 3.8) is 0 Å². The number of benzene rings is 1. The monoisotopic (exact) mass is 345 g/mol. The minimum Gasteiger partial charge on any atom is -0.358 e. The number of anilines is 1. The predicted octanol–water partition coefficient (Wildman–Crippen LogP) is 3.93. The SMILES string of the molecule is Cc1[nH]c2ccc(C(=O)Nc3ccc(-n4ccnc4C)nc3)cc2c1C. The molecule has 0 spiro atoms. The second-order valence-corrected chi connectivity index (χ2v) is 6.34. The number of imidazole rings is 1. The fourth-order valence-electron chi connectivity index (χ4n) is 3.03. The van der Waals surface area contributed by atoms with Gasteiger partial charge in [-0.2, -0.15) is 0 Å². The molecular formula is C20H19N5O. The van der Waals surface area contributed by atoms with E-state index in [0.29, 0.717) is 11.3 Å². The van der Waals surface area contributed by atoms with Crippen LogP contribution in [0, 0.1) is 20.8 Å². The minimum absolute atomic E-state index is 0.154. The molecule has 0 aliphatic rings. The molecule has 0 aliphatic heterocycles. The Morgan fingerprint density at radius 1 is 1.12 bits per heavy atom. The van der Waals surface area contributed by atoms with E-state index in [1.54, 1.807) is 12.4 Å². The molecule has 2 N–H and O–H groups in total. The van der Waals surface area contributed by atoms with Crippen molar-refractivity contribution in [2.24, 2.45) is 0 Å². The fourth-order valence-corrected chi connectivity index (χ4v) is 3.03. The maximum atomic E-state index is 12.6. The molecule has 3 heterocycles. The molecule has 0 saturated carbocycles. The van der Waals surface area contributed by atoms with E-state index in [1.165, 1.54) is 0 Å². The molecule has 3 aromatic heterocycles. The normalized spacial score (nSPS) is 11.0. The molecule has 6 nitrogen and oxygen atoms in total. The number of nitrogens with zero attached hydrogens (tertiary/aromatic N) is 3. The summed E-state index contributed by atoms with van der Waals surface area (Å²) in [5.74, 6) is 1.47. The van der Waals surface area contributed by atoms with Crippen LogP contribution in [0.3, 0.4) is 0 Å². The molecule has 26 heavy (non-hydrogen) atoms. The number of nitrogens with one attached hydrogen (secondary N) is 2. The molecule has 0 radical (unpaired) electrons. The number of aryl methyl sites for hydroxylation is 3. The molecule has 1 amide bonds. The Kier molecular flexibility index (Phi) is 3.80. The van der Waals surface area contributed by atoms with Crippen molar-refractivity contribution in [2.75, 3.05) is 5.32 Å². The van der Waals surface area contributed by atoms with Gasteiger partial charge >= 0.3 is 0 Å². The molecule has 130 valence electrons. The number of hydrogen-bond donors (Lipinski definition) is 2. The van der Waals surface area contributed by atoms with Gasteiger partial charge in [-0.05, 0) is 56.7 Å². The van der Waals surface area contributed by atoms with Crippen molar-refractivity contribution in [1.29, 1.82) is 0 Å². The largest absolute Gasteiger partial charge is 0.358 e. The molecule has 0 atom stereocenters. The molecular weight excluding hydrogens is 326 g/mol. The van der Waals surface area contributed by atoms with Crippen LogP contribution < -0.4 is 5.32 Å². The van der Waals surface area contributed by atoms with Crippen molar-refractivity contribution in [3.8, 4) is 5.82 Å². The summed E-state index contributed by atoms with van der Waals surface area (Å²) in [5.41, 5.74) is 4.59. The average molecular weight is 345 g/mol. The molecule has 0 bridgehead atoms. The zero-order chi connectivity index (χ0) is 18.3. The van der Waals surface area contributed by atoms with Crippen LogP contribution in [0.2, 0.25) is 0 Å². The number of hydrogen-bond acceptors (Lipinski definition) is 3. The maximum Gasteiger partial charge on any atom is 0.255 e. The fraction of sp³-hybridized carbons (Fsp3) is 0.150. The van der Waals surface area contributed by atoms with Crippen molar-refractivity contribution in [1.82, 2.24) is 19.5 Å². The Labute approximate surface area is 150 Å². The van der Waals surface area contributed by atoms with Crippen molar-refractivity contribution < 1.29 is 4.79 Å². The summed E-state index contributed by atoms with van der Waals surface area (Å²) in [6.07, 6.45) is 5.23. The maximum absolute atomic E-state index is 12.6. The van der Waals surface area contributed by atoms with Crippen LogP contribution in [0.15, 0.2) is 48.9 Å². The van der Waals surface area contributed by atoms with Gasteiger partial charge in [-0.3, -0.25) is 9.36 Å². The topological polar surface area (TPSA) is 75.6 Å². The summed E-state index contributed by atoms with van der Waals surface area (Å²) in [6.45, 7) is 6.00. The zero-order valence-electron chi connectivity index (χ0n) is 14.9. The third kappa shape index (κ3) is 2.75. The van der Waals surface area contributed by atoms with E-state index in [-0.39, 0.29) is 5.91 Å². The van der Waals surface area contributed by atoms with Crippen LogP contribution in [0.5, 0.6) is 0 Å². The first-order valence-corrected chi connectivity index (χ1v) is 8.39. The average Bonchev–Trinajstić information content (AvgIpc) is 3.19. The lowest BCUT2D eigenvalue weighted by Crippen LogP contribution is -2.12. The predicted molar refractivity (Wildman–Crippen MR) is 102 cm³/mol. The molecule has 1 aromatic carbocycles. The lowest BCUT2D eigenvalue weighted by Gasteiger charge is -2.08. The van der Waals surface area contributed by atoms with Crippen LogP contribution >= 0.6 is 0 Å². The van der Waals surface area contributed by atoms with E-state index in [0.717, 1.165) is 33.8 Å². The summed E-state index contributed by atoms with van der Waals surface area (Å²) in [6, 6.07) is 9.37. The lowest BCUT2D eigenvalue weighted by atomic mass is 10.1. The zero-order valence-corrected chi connectivity index (χ0v) is 14.9. The lowest BCUT2D eigenvalue weighted by molar-refractivity contribution is 0.102. The van der Waals surface area contributed by atoms with Crippen molar-refractivity contribution >= 4 is 22.5 Å². The molecule has 0 saturated heterocycles. The van der Waals surface area contributed by atoms with Gasteiger partial charge in [-0.1, -0.05) is 0 Å². The molecule has 0 fully saturated rings. The summed E-state index contributed by atoms with van der Waals surface area (Å²) in [7, 11) is 0. The second-order valence-electron chi connectivity index (χ2n) is 6.34. The van der Waals surface area contributed by atoms with Crippen LogP contribution in [0.4, 0.5) is 5.69 Å². The summed E-state index contributed by atoms with van der Waals surface area (Å²) in [4.78, 5) is 24.5. The number of pyridine rings is 1. The first kappa shape index (κ1) is 16.1. The Morgan fingerprint density at radius 2 is 1.96 bits per heavy atom. The number of fused-ring (bicyclic) bond motifs is 1. The number of aromatic nitrogens is 4. The van der Waals surface area contributed by atoms with Crippen molar-refractivity contribution in [3.05, 3.63) is 71.6 Å². The smallest absolute Gasteiger partial charge is 0.255 e. The van der Waals surface area contributed by atoms with Gasteiger partial charge in [0.1, 0.15) is 11.6 Å². The third-order valence-corrected chi connectivity index (χ3v) is 4.65. The quantitative estimate of drug-likeness (QED) is 0.591. The van der Waals surface area contributed by atoms with Crippen LogP contribution in [0.1, 0.15) is 27.4 Å². The van der Waals surface area contributed by atoms with Crippen LogP contribution in [-0.4, -0.2) is 25.4 Å². The molecule has 4 aromatic rings. The number of amides is 1. The number of rotatable bonds is 3. The second kappa shape index (κ2) is 6.15. The Balaban J connectivity index is 1.56. The van der Waals surface area contributed by atoms with Crippen LogP contribution in [0.25, 0.3) is 16.7 Å². The number of carbonyl (C=O) groups is 1. The number of H-pyrrole nitrogens is 1. The van der Waals surface area contributed by atoms with Gasteiger partial charge in [0, 0.05) is 34.6 Å². The highest BCUT2D eigenvalue weighted by molar-refractivity contribution is 6.06. The Hall–Kier alpha value is -3.41. The third-order valence-electron chi connectivity index (χ3n) is 4.65. The molecule has 4 rings (SSSR count). The Bertz CT molecular complexity index is 1110.